The molecule has 0 radical (unpaired) electrons. The minimum atomic E-state index is -0.0776. The summed E-state index contributed by atoms with van der Waals surface area (Å²) < 4.78 is 5.50. The molecule has 1 aromatic heterocycles. The molecule has 1 aromatic carbocycles. The van der Waals surface area contributed by atoms with Crippen LogP contribution in [0.15, 0.2) is 34.7 Å². The van der Waals surface area contributed by atoms with E-state index in [1.54, 1.807) is 12.1 Å². The summed E-state index contributed by atoms with van der Waals surface area (Å²) in [7, 11) is 1.88. The number of furan rings is 1. The number of nitrogens with one attached hydrogen (secondary N) is 1. The molecule has 1 N–H and O–H groups in total. The second-order valence-electron chi connectivity index (χ2n) is 5.19. The Kier molecular flexibility index (Phi) is 5.04. The van der Waals surface area contributed by atoms with Crippen molar-refractivity contribution in [2.45, 2.75) is 20.4 Å². The first-order valence-corrected chi connectivity index (χ1v) is 7.11. The van der Waals surface area contributed by atoms with Gasteiger partial charge in [-0.15, -0.1) is 0 Å². The zero-order valence-electron chi connectivity index (χ0n) is 12.4. The van der Waals surface area contributed by atoms with Crippen molar-refractivity contribution in [3.8, 4) is 0 Å². The molecule has 0 spiro atoms. The van der Waals surface area contributed by atoms with E-state index in [9.17, 15) is 4.79 Å². The first-order valence-electron chi connectivity index (χ1n) is 6.74. The molecule has 0 saturated heterocycles. The molecule has 2 aromatic rings. The highest BCUT2D eigenvalue weighted by Gasteiger charge is 2.10. The molecule has 0 saturated carbocycles. The third-order valence-electron chi connectivity index (χ3n) is 3.11. The lowest BCUT2D eigenvalue weighted by molar-refractivity contribution is -0.117. The topological polar surface area (TPSA) is 45.5 Å². The second kappa shape index (κ2) is 6.78. The van der Waals surface area contributed by atoms with Crippen molar-refractivity contribution in [1.82, 2.24) is 4.90 Å². The fourth-order valence-electron chi connectivity index (χ4n) is 2.06. The van der Waals surface area contributed by atoms with E-state index in [4.69, 9.17) is 16.0 Å². The number of carbonyl (C=O) groups is 1. The zero-order chi connectivity index (χ0) is 15.4. The maximum atomic E-state index is 12.1. The highest BCUT2D eigenvalue weighted by atomic mass is 35.5. The Morgan fingerprint density at radius 1 is 1.29 bits per heavy atom. The van der Waals surface area contributed by atoms with E-state index in [0.717, 1.165) is 22.8 Å². The summed E-state index contributed by atoms with van der Waals surface area (Å²) in [6.45, 7) is 4.71. The normalized spacial score (nSPS) is 10.9. The number of benzene rings is 1. The Morgan fingerprint density at radius 3 is 2.71 bits per heavy atom. The van der Waals surface area contributed by atoms with Gasteiger partial charge in [0.05, 0.1) is 13.1 Å². The first kappa shape index (κ1) is 15.6. The van der Waals surface area contributed by atoms with Crippen molar-refractivity contribution in [1.29, 1.82) is 0 Å². The zero-order valence-corrected chi connectivity index (χ0v) is 13.2. The van der Waals surface area contributed by atoms with Crippen LogP contribution in [0.4, 0.5) is 5.69 Å². The molecule has 4 nitrogen and oxygen atoms in total. The van der Waals surface area contributed by atoms with Crippen LogP contribution in [0.2, 0.25) is 5.02 Å². The predicted molar refractivity (Wildman–Crippen MR) is 84.6 cm³/mol. The maximum Gasteiger partial charge on any atom is 0.238 e. The average Bonchev–Trinajstić information content (AvgIpc) is 2.79. The number of anilines is 1. The van der Waals surface area contributed by atoms with E-state index < -0.39 is 0 Å². The van der Waals surface area contributed by atoms with Gasteiger partial charge in [-0.1, -0.05) is 17.7 Å². The number of rotatable bonds is 5. The Labute approximate surface area is 129 Å². The van der Waals surface area contributed by atoms with Crippen LogP contribution in [-0.2, 0) is 11.3 Å². The third kappa shape index (κ3) is 4.62. The number of likely N-dealkylation sites (N-methyl/N-ethyl adjacent to an activating group) is 1. The SMILES string of the molecule is Cc1ccc(CN(C)CC(=O)Nc2cc(Cl)ccc2C)o1. The Hall–Kier alpha value is -1.78. The molecule has 1 amide bonds. The van der Waals surface area contributed by atoms with Crippen LogP contribution in [0.3, 0.4) is 0 Å². The van der Waals surface area contributed by atoms with Crippen molar-refractivity contribution in [3.05, 3.63) is 52.4 Å². The number of hydrogen-bond acceptors (Lipinski definition) is 3. The molecule has 112 valence electrons. The summed E-state index contributed by atoms with van der Waals surface area (Å²) in [5.41, 5.74) is 1.73. The van der Waals surface area contributed by atoms with E-state index in [1.165, 1.54) is 0 Å². The van der Waals surface area contributed by atoms with Crippen molar-refractivity contribution in [2.75, 3.05) is 18.9 Å². The van der Waals surface area contributed by atoms with E-state index in [-0.39, 0.29) is 12.5 Å². The van der Waals surface area contributed by atoms with Gasteiger partial charge in [0, 0.05) is 10.7 Å². The maximum absolute atomic E-state index is 12.1. The summed E-state index contributed by atoms with van der Waals surface area (Å²) in [6.07, 6.45) is 0. The highest BCUT2D eigenvalue weighted by molar-refractivity contribution is 6.31. The standard InChI is InChI=1S/C16H19ClN2O2/c1-11-4-6-13(17)8-15(11)18-16(20)10-19(3)9-14-7-5-12(2)21-14/h4-8H,9-10H2,1-3H3,(H,18,20). The molecule has 0 atom stereocenters. The van der Waals surface area contributed by atoms with E-state index >= 15 is 0 Å². The van der Waals surface area contributed by atoms with Gasteiger partial charge in [0.25, 0.3) is 0 Å². The monoisotopic (exact) mass is 306 g/mol. The quantitative estimate of drug-likeness (QED) is 0.917. The number of carbonyl (C=O) groups excluding carboxylic acids is 1. The number of hydrogen-bond donors (Lipinski definition) is 1. The largest absolute Gasteiger partial charge is 0.465 e. The third-order valence-corrected chi connectivity index (χ3v) is 3.34. The van der Waals surface area contributed by atoms with Crippen LogP contribution in [0.1, 0.15) is 17.1 Å². The molecule has 5 heteroatoms. The molecule has 0 bridgehead atoms. The summed E-state index contributed by atoms with van der Waals surface area (Å²) >= 11 is 5.94. The molecular formula is C16H19ClN2O2. The highest BCUT2D eigenvalue weighted by Crippen LogP contribution is 2.20. The minimum absolute atomic E-state index is 0.0776. The van der Waals surface area contributed by atoms with Crippen molar-refractivity contribution in [3.63, 3.8) is 0 Å². The lowest BCUT2D eigenvalue weighted by Crippen LogP contribution is -2.29. The van der Waals surface area contributed by atoms with Crippen molar-refractivity contribution in [2.24, 2.45) is 0 Å². The number of nitrogens with zero attached hydrogens (tertiary/aromatic N) is 1. The average molecular weight is 307 g/mol. The van der Waals surface area contributed by atoms with E-state index in [2.05, 4.69) is 5.32 Å². The van der Waals surface area contributed by atoms with Crippen LogP contribution in [-0.4, -0.2) is 24.4 Å². The second-order valence-corrected chi connectivity index (χ2v) is 5.63. The molecule has 0 unspecified atom stereocenters. The molecule has 0 aliphatic heterocycles. The Bertz CT molecular complexity index is 637. The van der Waals surface area contributed by atoms with Gasteiger partial charge >= 0.3 is 0 Å². The molecule has 2 rings (SSSR count). The number of aryl methyl sites for hydroxylation is 2. The van der Waals surface area contributed by atoms with Gasteiger partial charge in [0.1, 0.15) is 11.5 Å². The van der Waals surface area contributed by atoms with E-state index in [0.29, 0.717) is 11.6 Å². The molecule has 0 aliphatic rings. The van der Waals surface area contributed by atoms with Crippen LogP contribution in [0.25, 0.3) is 0 Å². The number of amides is 1. The van der Waals surface area contributed by atoms with E-state index in [1.807, 2.05) is 44.0 Å². The van der Waals surface area contributed by atoms with Gasteiger partial charge in [-0.2, -0.15) is 0 Å². The molecule has 21 heavy (non-hydrogen) atoms. The molecule has 1 heterocycles. The van der Waals surface area contributed by atoms with Gasteiger partial charge in [-0.05, 0) is 50.7 Å². The van der Waals surface area contributed by atoms with Crippen LogP contribution >= 0.6 is 11.6 Å². The lowest BCUT2D eigenvalue weighted by Gasteiger charge is -2.15. The Balaban J connectivity index is 1.90. The van der Waals surface area contributed by atoms with Gasteiger partial charge in [0.2, 0.25) is 5.91 Å². The molecule has 0 aliphatic carbocycles. The fourth-order valence-corrected chi connectivity index (χ4v) is 2.23. The first-order chi connectivity index (χ1) is 9.94. The minimum Gasteiger partial charge on any atom is -0.465 e. The van der Waals surface area contributed by atoms with Gasteiger partial charge < -0.3 is 9.73 Å². The van der Waals surface area contributed by atoms with Gasteiger partial charge in [-0.25, -0.2) is 0 Å². The molecular weight excluding hydrogens is 288 g/mol. The Morgan fingerprint density at radius 2 is 2.05 bits per heavy atom. The molecule has 0 fully saturated rings. The van der Waals surface area contributed by atoms with Crippen LogP contribution in [0, 0.1) is 13.8 Å². The van der Waals surface area contributed by atoms with Crippen LogP contribution in [0.5, 0.6) is 0 Å². The summed E-state index contributed by atoms with van der Waals surface area (Å²) in [5, 5.41) is 3.48. The lowest BCUT2D eigenvalue weighted by atomic mass is 10.2. The number of halogens is 1. The summed E-state index contributed by atoms with van der Waals surface area (Å²) in [4.78, 5) is 14.0. The fraction of sp³-hybridized carbons (Fsp3) is 0.312. The summed E-state index contributed by atoms with van der Waals surface area (Å²) in [6, 6.07) is 9.28. The van der Waals surface area contributed by atoms with Gasteiger partial charge in [-0.3, -0.25) is 9.69 Å². The van der Waals surface area contributed by atoms with Crippen molar-refractivity contribution < 1.29 is 9.21 Å². The summed E-state index contributed by atoms with van der Waals surface area (Å²) in [5.74, 6) is 1.64. The predicted octanol–water partition coefficient (Wildman–Crippen LogP) is 3.62. The smallest absolute Gasteiger partial charge is 0.238 e. The van der Waals surface area contributed by atoms with Crippen LogP contribution < -0.4 is 5.32 Å². The van der Waals surface area contributed by atoms with Crippen molar-refractivity contribution >= 4 is 23.2 Å². The van der Waals surface area contributed by atoms with Gasteiger partial charge in [0.15, 0.2) is 0 Å².